The van der Waals surface area contributed by atoms with E-state index in [-0.39, 0.29) is 41.0 Å². The highest BCUT2D eigenvalue weighted by atomic mass is 19.3. The minimum absolute atomic E-state index is 0.0640. The van der Waals surface area contributed by atoms with Crippen molar-refractivity contribution in [3.05, 3.63) is 58.0 Å². The average molecular weight is 485 g/mol. The molecule has 2 aromatic heterocycles. The summed E-state index contributed by atoms with van der Waals surface area (Å²) in [7, 11) is 1.72. The number of aromatic nitrogens is 3. The van der Waals surface area contributed by atoms with Gasteiger partial charge in [-0.15, -0.1) is 0 Å². The normalized spacial score (nSPS) is 14.1. The summed E-state index contributed by atoms with van der Waals surface area (Å²) in [6.45, 7) is 3.65. The van der Waals surface area contributed by atoms with E-state index in [0.717, 1.165) is 5.56 Å². The summed E-state index contributed by atoms with van der Waals surface area (Å²) in [5.74, 6) is 0.204. The maximum Gasteiger partial charge on any atom is 0.297 e. The van der Waals surface area contributed by atoms with Crippen LogP contribution >= 0.6 is 0 Å². The molecule has 1 aromatic carbocycles. The number of benzene rings is 1. The third kappa shape index (κ3) is 4.98. The Morgan fingerprint density at radius 2 is 2.11 bits per heavy atom. The van der Waals surface area contributed by atoms with Gasteiger partial charge in [0, 0.05) is 61.3 Å². The Morgan fingerprint density at radius 3 is 2.74 bits per heavy atom. The molecule has 4 rings (SSSR count). The van der Waals surface area contributed by atoms with Crippen LogP contribution in [0.3, 0.4) is 0 Å². The van der Waals surface area contributed by atoms with Gasteiger partial charge in [0.1, 0.15) is 5.78 Å². The van der Waals surface area contributed by atoms with E-state index in [1.807, 2.05) is 0 Å². The van der Waals surface area contributed by atoms with Gasteiger partial charge in [-0.1, -0.05) is 0 Å². The molecular formula is C24H26F2N6O3. The summed E-state index contributed by atoms with van der Waals surface area (Å²) >= 11 is 0. The fraction of sp³-hybridized carbons (Fsp3) is 0.375. The minimum Gasteiger partial charge on any atom is -0.374 e. The second-order valence-electron chi connectivity index (χ2n) is 8.76. The van der Waals surface area contributed by atoms with Gasteiger partial charge in [0.25, 0.3) is 12.1 Å². The lowest BCUT2D eigenvalue weighted by Crippen LogP contribution is -2.28. The molecule has 1 aliphatic rings. The lowest BCUT2D eigenvalue weighted by Gasteiger charge is -2.33. The zero-order chi connectivity index (χ0) is 25.3. The van der Waals surface area contributed by atoms with E-state index in [1.165, 1.54) is 25.3 Å². The summed E-state index contributed by atoms with van der Waals surface area (Å²) in [6.07, 6.45) is 3.39. The highest BCUT2D eigenvalue weighted by Gasteiger charge is 2.30. The maximum absolute atomic E-state index is 14.2. The summed E-state index contributed by atoms with van der Waals surface area (Å²) in [5, 5.41) is 19.0. The molecule has 1 atom stereocenters. The molecule has 0 radical (unpaired) electrons. The summed E-state index contributed by atoms with van der Waals surface area (Å²) in [4.78, 5) is 29.0. The molecule has 0 saturated heterocycles. The van der Waals surface area contributed by atoms with E-state index in [9.17, 15) is 23.7 Å². The number of ketones is 1. The van der Waals surface area contributed by atoms with Crippen molar-refractivity contribution in [3.63, 3.8) is 0 Å². The van der Waals surface area contributed by atoms with Gasteiger partial charge in [-0.05, 0) is 49.9 Å². The van der Waals surface area contributed by atoms with Crippen molar-refractivity contribution >= 4 is 28.7 Å². The van der Waals surface area contributed by atoms with Crippen LogP contribution in [-0.2, 0) is 18.3 Å². The second kappa shape index (κ2) is 9.77. The topological polar surface area (TPSA) is 106 Å². The first kappa shape index (κ1) is 24.2. The smallest absolute Gasteiger partial charge is 0.297 e. The van der Waals surface area contributed by atoms with Crippen molar-refractivity contribution in [2.24, 2.45) is 7.05 Å². The van der Waals surface area contributed by atoms with Crippen LogP contribution in [0, 0.1) is 10.1 Å². The molecule has 11 heteroatoms. The number of pyridine rings is 1. The quantitative estimate of drug-likeness (QED) is 0.346. The van der Waals surface area contributed by atoms with Gasteiger partial charge >= 0.3 is 0 Å². The molecule has 0 saturated carbocycles. The number of Topliss-reactive ketones (excluding diaryl/α,β-unsaturated/α-hetero) is 1. The van der Waals surface area contributed by atoms with Crippen molar-refractivity contribution in [1.82, 2.24) is 14.8 Å². The van der Waals surface area contributed by atoms with Crippen molar-refractivity contribution < 1.29 is 18.5 Å². The first-order chi connectivity index (χ1) is 16.7. The van der Waals surface area contributed by atoms with E-state index >= 15 is 0 Å². The van der Waals surface area contributed by atoms with Crippen LogP contribution in [0.1, 0.15) is 44.2 Å². The Morgan fingerprint density at radius 1 is 1.34 bits per heavy atom. The molecule has 0 amide bonds. The van der Waals surface area contributed by atoms with E-state index in [2.05, 4.69) is 15.4 Å². The third-order valence-electron chi connectivity index (χ3n) is 5.97. The number of rotatable bonds is 8. The van der Waals surface area contributed by atoms with Crippen LogP contribution in [0.2, 0.25) is 0 Å². The van der Waals surface area contributed by atoms with E-state index in [0.29, 0.717) is 36.2 Å². The standard InChI is InChI=1S/C24H26F2N6O3/c1-14(9-15(2)33)29-22-20(32(34)35)6-7-27-24(22)31-8-4-5-16-10-18(17-12-28-30(3)13-17)19(23(25)26)11-21(16)31/h6-7,10-14,23,29H,4-5,8-9H2,1-3H3/t14-/m1/s1. The molecule has 184 valence electrons. The molecule has 0 fully saturated rings. The fourth-order valence-corrected chi connectivity index (χ4v) is 4.52. The van der Waals surface area contributed by atoms with Crippen LogP contribution in [0.25, 0.3) is 11.1 Å². The fourth-order valence-electron chi connectivity index (χ4n) is 4.52. The number of aryl methyl sites for hydroxylation is 2. The maximum atomic E-state index is 14.2. The highest BCUT2D eigenvalue weighted by Crippen LogP contribution is 2.44. The summed E-state index contributed by atoms with van der Waals surface area (Å²) in [5.41, 5.74) is 2.21. The number of hydrogen-bond donors (Lipinski definition) is 1. The summed E-state index contributed by atoms with van der Waals surface area (Å²) < 4.78 is 29.9. The Bertz CT molecular complexity index is 1280. The molecular weight excluding hydrogens is 458 g/mol. The number of nitrogens with one attached hydrogen (secondary N) is 1. The van der Waals surface area contributed by atoms with E-state index < -0.39 is 11.3 Å². The molecule has 9 nitrogen and oxygen atoms in total. The molecule has 35 heavy (non-hydrogen) atoms. The number of nitrogens with zero attached hydrogens (tertiary/aromatic N) is 5. The number of alkyl halides is 2. The lowest BCUT2D eigenvalue weighted by molar-refractivity contribution is -0.384. The minimum atomic E-state index is -2.73. The highest BCUT2D eigenvalue weighted by molar-refractivity contribution is 5.84. The van der Waals surface area contributed by atoms with Gasteiger partial charge < -0.3 is 10.2 Å². The van der Waals surface area contributed by atoms with Crippen LogP contribution in [0.4, 0.5) is 31.7 Å². The molecule has 1 N–H and O–H groups in total. The van der Waals surface area contributed by atoms with E-state index in [1.54, 1.807) is 42.0 Å². The van der Waals surface area contributed by atoms with Gasteiger partial charge in [-0.2, -0.15) is 5.10 Å². The van der Waals surface area contributed by atoms with Gasteiger partial charge in [-0.3, -0.25) is 19.6 Å². The monoisotopic (exact) mass is 484 g/mol. The SMILES string of the molecule is CC(=O)C[C@@H](C)Nc1c([N+](=O)[O-])ccnc1N1CCCc2cc(-c3cnn(C)c3)c(C(F)F)cc21. The summed E-state index contributed by atoms with van der Waals surface area (Å²) in [6, 6.07) is 4.10. The number of carbonyl (C=O) groups excluding carboxylic acids is 1. The third-order valence-corrected chi connectivity index (χ3v) is 5.97. The number of nitro groups is 1. The molecule has 3 aromatic rings. The predicted octanol–water partition coefficient (Wildman–Crippen LogP) is 5.19. The average Bonchev–Trinajstić information content (AvgIpc) is 3.23. The molecule has 0 spiro atoms. The van der Waals surface area contributed by atoms with Crippen molar-refractivity contribution in [1.29, 1.82) is 0 Å². The number of hydrogen-bond acceptors (Lipinski definition) is 7. The number of fused-ring (bicyclic) bond motifs is 1. The van der Waals surface area contributed by atoms with Crippen molar-refractivity contribution in [2.75, 3.05) is 16.8 Å². The molecule has 1 aliphatic heterocycles. The predicted molar refractivity (Wildman–Crippen MR) is 128 cm³/mol. The van der Waals surface area contributed by atoms with Gasteiger partial charge in [0.05, 0.1) is 11.1 Å². The number of anilines is 3. The van der Waals surface area contributed by atoms with Crippen LogP contribution in [-0.4, -0.2) is 38.1 Å². The van der Waals surface area contributed by atoms with Crippen LogP contribution < -0.4 is 10.2 Å². The van der Waals surface area contributed by atoms with E-state index in [4.69, 9.17) is 0 Å². The number of halogens is 2. The number of carbonyl (C=O) groups is 1. The zero-order valence-corrected chi connectivity index (χ0v) is 19.7. The Hall–Kier alpha value is -3.89. The molecule has 0 aliphatic carbocycles. The first-order valence-electron chi connectivity index (χ1n) is 11.3. The van der Waals surface area contributed by atoms with Gasteiger partial charge in [0.15, 0.2) is 11.5 Å². The van der Waals surface area contributed by atoms with Crippen molar-refractivity contribution in [2.45, 2.75) is 45.6 Å². The molecule has 3 heterocycles. The van der Waals surface area contributed by atoms with Crippen molar-refractivity contribution in [3.8, 4) is 11.1 Å². The molecule has 0 bridgehead atoms. The Labute approximate surface area is 200 Å². The van der Waals surface area contributed by atoms with Gasteiger partial charge in [0.2, 0.25) is 0 Å². The lowest BCUT2D eigenvalue weighted by atomic mass is 9.93. The molecule has 0 unspecified atom stereocenters. The van der Waals surface area contributed by atoms with Crippen LogP contribution in [0.5, 0.6) is 0 Å². The van der Waals surface area contributed by atoms with Crippen LogP contribution in [0.15, 0.2) is 36.8 Å². The van der Waals surface area contributed by atoms with Gasteiger partial charge in [-0.25, -0.2) is 13.8 Å². The first-order valence-corrected chi connectivity index (χ1v) is 11.3. The zero-order valence-electron chi connectivity index (χ0n) is 19.7. The largest absolute Gasteiger partial charge is 0.374 e. The second-order valence-corrected chi connectivity index (χ2v) is 8.76. The Kier molecular flexibility index (Phi) is 6.77. The Balaban J connectivity index is 1.85.